The molecule has 3 aromatic rings. The van der Waals surface area contributed by atoms with E-state index in [4.69, 9.17) is 4.42 Å². The van der Waals surface area contributed by atoms with Crippen molar-refractivity contribution >= 4 is 17.6 Å². The van der Waals surface area contributed by atoms with Crippen LogP contribution in [-0.2, 0) is 24.9 Å². The number of urea groups is 1. The molecule has 7 nitrogen and oxygen atoms in total. The number of hydrogen-bond acceptors (Lipinski definition) is 3. The van der Waals surface area contributed by atoms with Gasteiger partial charge in [-0.15, -0.1) is 0 Å². The normalized spacial score (nSPS) is 13.1. The fourth-order valence-corrected chi connectivity index (χ4v) is 3.82. The van der Waals surface area contributed by atoms with E-state index in [0.29, 0.717) is 18.8 Å². The van der Waals surface area contributed by atoms with Crippen LogP contribution in [0, 0.1) is 13.8 Å². The molecule has 2 heterocycles. The van der Waals surface area contributed by atoms with Gasteiger partial charge in [0.2, 0.25) is 5.91 Å². The molecule has 1 aromatic carbocycles. The van der Waals surface area contributed by atoms with E-state index < -0.39 is 0 Å². The smallest absolute Gasteiger partial charge is 0.322 e. The molecule has 0 unspecified atom stereocenters. The molecule has 0 spiro atoms. The highest BCUT2D eigenvalue weighted by Crippen LogP contribution is 2.28. The zero-order valence-electron chi connectivity index (χ0n) is 18.9. The molecule has 0 radical (unpaired) electrons. The van der Waals surface area contributed by atoms with Crippen LogP contribution < -0.4 is 5.32 Å². The van der Waals surface area contributed by atoms with Gasteiger partial charge in [-0.25, -0.2) is 4.79 Å². The van der Waals surface area contributed by atoms with Gasteiger partial charge in [-0.1, -0.05) is 17.7 Å². The van der Waals surface area contributed by atoms with Crippen LogP contribution in [0.3, 0.4) is 0 Å². The van der Waals surface area contributed by atoms with Crippen molar-refractivity contribution in [2.75, 3.05) is 11.9 Å². The van der Waals surface area contributed by atoms with Crippen LogP contribution in [0.1, 0.15) is 35.4 Å². The maximum atomic E-state index is 13.4. The first-order valence-corrected chi connectivity index (χ1v) is 11.0. The third-order valence-electron chi connectivity index (χ3n) is 5.86. The average molecular weight is 435 g/mol. The standard InChI is InChI=1S/C25H30N4O3/c1-18-8-11-23(19(2)14-18)26-25(31)29(20-9-10-20)17-24(30)28(16-22-7-5-13-32-22)15-21-6-4-12-27(21)3/h4-8,11-14,20H,9-10,15-17H2,1-3H3,(H,26,31). The van der Waals surface area contributed by atoms with Crippen LogP contribution in [0.2, 0.25) is 0 Å². The number of benzene rings is 1. The molecular formula is C25H30N4O3. The number of hydrogen-bond donors (Lipinski definition) is 1. The summed E-state index contributed by atoms with van der Waals surface area (Å²) in [5.74, 6) is 0.607. The minimum Gasteiger partial charge on any atom is -0.467 e. The Morgan fingerprint density at radius 2 is 1.94 bits per heavy atom. The summed E-state index contributed by atoms with van der Waals surface area (Å²) in [4.78, 5) is 29.9. The summed E-state index contributed by atoms with van der Waals surface area (Å²) in [5.41, 5.74) is 3.94. The monoisotopic (exact) mass is 434 g/mol. The number of rotatable bonds is 8. The van der Waals surface area contributed by atoms with E-state index >= 15 is 0 Å². The molecule has 4 rings (SSSR count). The van der Waals surface area contributed by atoms with Gasteiger partial charge >= 0.3 is 6.03 Å². The number of furan rings is 1. The highest BCUT2D eigenvalue weighted by atomic mass is 16.3. The summed E-state index contributed by atoms with van der Waals surface area (Å²) in [5, 5.41) is 3.00. The summed E-state index contributed by atoms with van der Waals surface area (Å²) in [6.45, 7) is 4.83. The van der Waals surface area contributed by atoms with Gasteiger partial charge in [0, 0.05) is 30.7 Å². The van der Waals surface area contributed by atoms with E-state index in [2.05, 4.69) is 5.32 Å². The molecule has 0 aliphatic heterocycles. The number of carbonyl (C=O) groups excluding carboxylic acids is 2. The van der Waals surface area contributed by atoms with Crippen molar-refractivity contribution in [3.05, 3.63) is 77.5 Å². The zero-order valence-corrected chi connectivity index (χ0v) is 18.9. The van der Waals surface area contributed by atoms with E-state index in [1.807, 2.05) is 74.1 Å². The molecule has 1 fully saturated rings. The summed E-state index contributed by atoms with van der Waals surface area (Å²) in [7, 11) is 1.96. The largest absolute Gasteiger partial charge is 0.467 e. The van der Waals surface area contributed by atoms with Crippen LogP contribution >= 0.6 is 0 Å². The van der Waals surface area contributed by atoms with Crippen LogP contribution in [0.5, 0.6) is 0 Å². The Bertz CT molecular complexity index is 1080. The quantitative estimate of drug-likeness (QED) is 0.569. The van der Waals surface area contributed by atoms with Crippen molar-refractivity contribution in [1.29, 1.82) is 0 Å². The Morgan fingerprint density at radius 3 is 2.56 bits per heavy atom. The van der Waals surface area contributed by atoms with Crippen LogP contribution in [0.25, 0.3) is 0 Å². The Kier molecular flexibility index (Phi) is 6.35. The van der Waals surface area contributed by atoms with Crippen LogP contribution in [-0.4, -0.2) is 38.9 Å². The summed E-state index contributed by atoms with van der Waals surface area (Å²) < 4.78 is 7.48. The van der Waals surface area contributed by atoms with Gasteiger partial charge in [-0.3, -0.25) is 4.79 Å². The molecule has 3 amide bonds. The van der Waals surface area contributed by atoms with E-state index in [-0.39, 0.29) is 24.5 Å². The van der Waals surface area contributed by atoms with Gasteiger partial charge in [-0.05, 0) is 62.6 Å². The van der Waals surface area contributed by atoms with Crippen LogP contribution in [0.4, 0.5) is 10.5 Å². The third kappa shape index (κ3) is 5.22. The summed E-state index contributed by atoms with van der Waals surface area (Å²) in [6, 6.07) is 13.4. The molecule has 1 aliphatic rings. The van der Waals surface area contributed by atoms with Crippen molar-refractivity contribution in [3.63, 3.8) is 0 Å². The van der Waals surface area contributed by atoms with Gasteiger partial charge < -0.3 is 24.1 Å². The number of anilines is 1. The second kappa shape index (κ2) is 9.34. The lowest BCUT2D eigenvalue weighted by molar-refractivity contribution is -0.133. The Hall–Kier alpha value is -3.48. The minimum atomic E-state index is -0.232. The van der Waals surface area contributed by atoms with Gasteiger partial charge in [-0.2, -0.15) is 0 Å². The molecule has 1 N–H and O–H groups in total. The molecule has 1 aliphatic carbocycles. The van der Waals surface area contributed by atoms with E-state index in [9.17, 15) is 9.59 Å². The van der Waals surface area contributed by atoms with Crippen molar-refractivity contribution in [3.8, 4) is 0 Å². The maximum absolute atomic E-state index is 13.4. The van der Waals surface area contributed by atoms with Gasteiger partial charge in [0.05, 0.1) is 19.4 Å². The first-order valence-electron chi connectivity index (χ1n) is 11.0. The Morgan fingerprint density at radius 1 is 1.12 bits per heavy atom. The van der Waals surface area contributed by atoms with Crippen molar-refractivity contribution in [2.24, 2.45) is 7.05 Å². The SMILES string of the molecule is Cc1ccc(NC(=O)N(CC(=O)N(Cc2ccco2)Cc2cccn2C)C2CC2)c(C)c1. The lowest BCUT2D eigenvalue weighted by Crippen LogP contribution is -2.45. The van der Waals surface area contributed by atoms with Crippen molar-refractivity contribution < 1.29 is 14.0 Å². The number of amides is 3. The van der Waals surface area contributed by atoms with Gasteiger partial charge in [0.1, 0.15) is 12.3 Å². The lowest BCUT2D eigenvalue weighted by Gasteiger charge is -2.28. The lowest BCUT2D eigenvalue weighted by atomic mass is 10.1. The van der Waals surface area contributed by atoms with Crippen molar-refractivity contribution in [1.82, 2.24) is 14.4 Å². The first-order chi connectivity index (χ1) is 15.4. The molecule has 168 valence electrons. The predicted molar refractivity (Wildman–Crippen MR) is 123 cm³/mol. The fourth-order valence-electron chi connectivity index (χ4n) is 3.82. The Labute approximate surface area is 188 Å². The third-order valence-corrected chi connectivity index (χ3v) is 5.86. The predicted octanol–water partition coefficient (Wildman–Crippen LogP) is 4.46. The van der Waals surface area contributed by atoms with Crippen molar-refractivity contribution in [2.45, 2.75) is 45.8 Å². The maximum Gasteiger partial charge on any atom is 0.322 e. The number of nitrogens with one attached hydrogen (secondary N) is 1. The second-order valence-corrected chi connectivity index (χ2v) is 8.55. The summed E-state index contributed by atoms with van der Waals surface area (Å²) >= 11 is 0. The topological polar surface area (TPSA) is 70.7 Å². The number of nitrogens with zero attached hydrogens (tertiary/aromatic N) is 3. The molecular weight excluding hydrogens is 404 g/mol. The van der Waals surface area contributed by atoms with Crippen LogP contribution in [0.15, 0.2) is 59.3 Å². The molecule has 32 heavy (non-hydrogen) atoms. The first kappa shape index (κ1) is 21.7. The summed E-state index contributed by atoms with van der Waals surface area (Å²) in [6.07, 6.45) is 5.40. The molecule has 0 saturated heterocycles. The van der Waals surface area contributed by atoms with E-state index in [0.717, 1.165) is 35.3 Å². The molecule has 7 heteroatoms. The van der Waals surface area contributed by atoms with E-state index in [1.165, 1.54) is 0 Å². The molecule has 0 atom stereocenters. The second-order valence-electron chi connectivity index (χ2n) is 8.55. The highest BCUT2D eigenvalue weighted by molar-refractivity contribution is 5.93. The zero-order chi connectivity index (χ0) is 22.7. The minimum absolute atomic E-state index is 0.0343. The van der Waals surface area contributed by atoms with Gasteiger partial charge in [0.25, 0.3) is 0 Å². The van der Waals surface area contributed by atoms with Gasteiger partial charge in [0.15, 0.2) is 0 Å². The average Bonchev–Trinajstić information content (AvgIpc) is 3.31. The number of aromatic nitrogens is 1. The highest BCUT2D eigenvalue weighted by Gasteiger charge is 2.35. The van der Waals surface area contributed by atoms with E-state index in [1.54, 1.807) is 16.1 Å². The molecule has 0 bridgehead atoms. The number of aryl methyl sites for hydroxylation is 3. The fraction of sp³-hybridized carbons (Fsp3) is 0.360. The molecule has 2 aromatic heterocycles. The number of carbonyl (C=O) groups is 2. The molecule has 1 saturated carbocycles. The Balaban J connectivity index is 1.48.